The van der Waals surface area contributed by atoms with E-state index < -0.39 is 17.1 Å². The molecule has 0 aromatic heterocycles. The minimum atomic E-state index is -0.613. The summed E-state index contributed by atoms with van der Waals surface area (Å²) >= 11 is 1.35. The monoisotopic (exact) mass is 671 g/mol. The maximum absolute atomic E-state index is 13.8. The van der Waals surface area contributed by atoms with Crippen LogP contribution >= 0.6 is 11.8 Å². The van der Waals surface area contributed by atoms with Crippen molar-refractivity contribution >= 4 is 46.9 Å². The molecule has 0 aliphatic heterocycles. The van der Waals surface area contributed by atoms with Crippen molar-refractivity contribution in [1.29, 1.82) is 0 Å². The molecular formula is C40H37N3O5S. The van der Waals surface area contributed by atoms with E-state index in [0.29, 0.717) is 47.2 Å². The van der Waals surface area contributed by atoms with Crippen LogP contribution in [0.3, 0.4) is 0 Å². The Kier molecular flexibility index (Phi) is 12.2. The number of carbonyl (C=O) groups is 3. The third-order valence-electron chi connectivity index (χ3n) is 7.18. The molecule has 1 atom stereocenters. The van der Waals surface area contributed by atoms with E-state index in [0.717, 1.165) is 10.5 Å². The molecule has 8 nitrogen and oxygen atoms in total. The lowest BCUT2D eigenvalue weighted by atomic mass is 10.1. The Morgan fingerprint density at radius 2 is 1.33 bits per heavy atom. The topological polar surface area (TPSA) is 106 Å². The third-order valence-corrected chi connectivity index (χ3v) is 8.43. The zero-order valence-corrected chi connectivity index (χ0v) is 28.0. The van der Waals surface area contributed by atoms with E-state index in [4.69, 9.17) is 9.47 Å². The predicted molar refractivity (Wildman–Crippen MR) is 196 cm³/mol. The van der Waals surface area contributed by atoms with Crippen LogP contribution in [-0.2, 0) is 9.59 Å². The predicted octanol–water partition coefficient (Wildman–Crippen LogP) is 8.37. The van der Waals surface area contributed by atoms with Crippen molar-refractivity contribution < 1.29 is 23.9 Å². The number of thioether (sulfide) groups is 1. The van der Waals surface area contributed by atoms with Gasteiger partial charge in [0.15, 0.2) is 0 Å². The highest BCUT2D eigenvalue weighted by Gasteiger charge is 2.24. The highest BCUT2D eigenvalue weighted by Crippen LogP contribution is 2.38. The van der Waals surface area contributed by atoms with Gasteiger partial charge < -0.3 is 25.4 Å². The molecule has 0 radical (unpaired) electrons. The standard InChI is InChI=1S/C40H37N3O5S/c1-3-47-35-24-13-11-20-30(35)26-34(43-38(44)29-18-9-6-10-19-29)39(45)41-31-21-15-22-32(27-31)49-37(28-16-7-5-8-17-28)40(46)42-33-23-12-14-25-36(33)48-4-2/h5-27,37H,3-4H2,1-2H3,(H,41,45)(H,42,46)(H,43,44)/b34-26+. The second-order valence-corrected chi connectivity index (χ2v) is 11.8. The molecule has 0 heterocycles. The van der Waals surface area contributed by atoms with Gasteiger partial charge in [0.05, 0.1) is 18.9 Å². The lowest BCUT2D eigenvalue weighted by molar-refractivity contribution is -0.116. The van der Waals surface area contributed by atoms with Crippen molar-refractivity contribution in [2.75, 3.05) is 23.8 Å². The molecule has 248 valence electrons. The van der Waals surface area contributed by atoms with Gasteiger partial charge in [0, 0.05) is 21.7 Å². The number of rotatable bonds is 14. The number of amides is 3. The van der Waals surface area contributed by atoms with Crippen LogP contribution < -0.4 is 25.4 Å². The van der Waals surface area contributed by atoms with Crippen LogP contribution in [0.1, 0.15) is 40.6 Å². The first kappa shape index (κ1) is 34.5. The van der Waals surface area contributed by atoms with Gasteiger partial charge in [-0.15, -0.1) is 11.8 Å². The summed E-state index contributed by atoms with van der Waals surface area (Å²) in [5, 5.41) is 8.12. The van der Waals surface area contributed by atoms with Crippen molar-refractivity contribution in [2.45, 2.75) is 24.0 Å². The fourth-order valence-corrected chi connectivity index (χ4v) is 6.00. The summed E-state index contributed by atoms with van der Waals surface area (Å²) in [6.07, 6.45) is 1.59. The Balaban J connectivity index is 1.40. The lowest BCUT2D eigenvalue weighted by Gasteiger charge is -2.19. The van der Waals surface area contributed by atoms with Crippen LogP contribution in [0.25, 0.3) is 6.08 Å². The van der Waals surface area contributed by atoms with Crippen LogP contribution in [0.15, 0.2) is 144 Å². The first-order valence-electron chi connectivity index (χ1n) is 15.9. The first-order chi connectivity index (χ1) is 23.9. The number of anilines is 2. The summed E-state index contributed by atoms with van der Waals surface area (Å²) in [6.45, 7) is 4.67. The number of benzene rings is 5. The molecular weight excluding hydrogens is 635 g/mol. The smallest absolute Gasteiger partial charge is 0.272 e. The van der Waals surface area contributed by atoms with Crippen molar-refractivity contribution in [3.63, 3.8) is 0 Å². The van der Waals surface area contributed by atoms with Gasteiger partial charge in [-0.3, -0.25) is 14.4 Å². The molecule has 0 fully saturated rings. The van der Waals surface area contributed by atoms with Gasteiger partial charge in [-0.1, -0.05) is 84.9 Å². The van der Waals surface area contributed by atoms with Crippen molar-refractivity contribution in [2.24, 2.45) is 0 Å². The van der Waals surface area contributed by atoms with Gasteiger partial charge in [-0.05, 0) is 74.0 Å². The van der Waals surface area contributed by atoms with Gasteiger partial charge in [0.2, 0.25) is 5.91 Å². The number of ether oxygens (including phenoxy) is 2. The Hall–Kier alpha value is -5.80. The fraction of sp³-hybridized carbons (Fsp3) is 0.125. The van der Waals surface area contributed by atoms with Crippen LogP contribution in [-0.4, -0.2) is 30.9 Å². The molecule has 0 spiro atoms. The fourth-order valence-electron chi connectivity index (χ4n) is 4.92. The summed E-state index contributed by atoms with van der Waals surface area (Å²) in [5.41, 5.74) is 2.96. The summed E-state index contributed by atoms with van der Waals surface area (Å²) in [7, 11) is 0. The van der Waals surface area contributed by atoms with Crippen molar-refractivity contribution in [3.8, 4) is 11.5 Å². The van der Waals surface area contributed by atoms with Gasteiger partial charge in [-0.2, -0.15) is 0 Å². The number of nitrogens with one attached hydrogen (secondary N) is 3. The summed E-state index contributed by atoms with van der Waals surface area (Å²) < 4.78 is 11.5. The normalized spacial score (nSPS) is 11.6. The average Bonchev–Trinajstić information content (AvgIpc) is 3.13. The molecule has 5 aromatic carbocycles. The second kappa shape index (κ2) is 17.4. The molecule has 3 amide bonds. The van der Waals surface area contributed by atoms with Crippen LogP contribution in [0.5, 0.6) is 11.5 Å². The van der Waals surface area contributed by atoms with E-state index in [1.165, 1.54) is 11.8 Å². The molecule has 0 aliphatic rings. The van der Waals surface area contributed by atoms with Crippen molar-refractivity contribution in [1.82, 2.24) is 5.32 Å². The van der Waals surface area contributed by atoms with Gasteiger partial charge in [0.1, 0.15) is 22.4 Å². The largest absolute Gasteiger partial charge is 0.493 e. The van der Waals surface area contributed by atoms with E-state index in [9.17, 15) is 14.4 Å². The zero-order chi connectivity index (χ0) is 34.4. The van der Waals surface area contributed by atoms with Crippen LogP contribution in [0.2, 0.25) is 0 Å². The SMILES string of the molecule is CCOc1ccccc1/C=C(/NC(=O)c1ccccc1)C(=O)Nc1cccc(SC(C(=O)Nc2ccccc2OCC)c2ccccc2)c1. The molecule has 0 bridgehead atoms. The summed E-state index contributed by atoms with van der Waals surface area (Å²) in [5.74, 6) is -0.00577. The molecule has 3 N–H and O–H groups in total. The molecule has 5 aromatic rings. The second-order valence-electron chi connectivity index (χ2n) is 10.7. The third kappa shape index (κ3) is 9.62. The molecule has 0 aliphatic carbocycles. The van der Waals surface area contributed by atoms with E-state index in [1.54, 1.807) is 60.7 Å². The summed E-state index contributed by atoms with van der Waals surface area (Å²) in [4.78, 5) is 41.5. The zero-order valence-electron chi connectivity index (χ0n) is 27.2. The molecule has 0 saturated heterocycles. The number of para-hydroxylation sites is 3. The maximum atomic E-state index is 13.8. The minimum absolute atomic E-state index is 0.0357. The van der Waals surface area contributed by atoms with E-state index in [-0.39, 0.29) is 11.6 Å². The maximum Gasteiger partial charge on any atom is 0.272 e. The first-order valence-corrected chi connectivity index (χ1v) is 16.8. The minimum Gasteiger partial charge on any atom is -0.493 e. The molecule has 0 saturated carbocycles. The Morgan fingerprint density at radius 1 is 0.694 bits per heavy atom. The van der Waals surface area contributed by atoms with E-state index in [2.05, 4.69) is 16.0 Å². The van der Waals surface area contributed by atoms with Crippen molar-refractivity contribution in [3.05, 3.63) is 156 Å². The Morgan fingerprint density at radius 3 is 2.06 bits per heavy atom. The van der Waals surface area contributed by atoms with Gasteiger partial charge >= 0.3 is 0 Å². The summed E-state index contributed by atoms with van der Waals surface area (Å²) in [6, 6.07) is 40.0. The lowest BCUT2D eigenvalue weighted by Crippen LogP contribution is -2.30. The Labute approximate surface area is 290 Å². The van der Waals surface area contributed by atoms with E-state index >= 15 is 0 Å². The van der Waals surface area contributed by atoms with Gasteiger partial charge in [0.25, 0.3) is 11.8 Å². The Bertz CT molecular complexity index is 1910. The molecule has 1 unspecified atom stereocenters. The number of hydrogen-bond acceptors (Lipinski definition) is 6. The number of carbonyl (C=O) groups excluding carboxylic acids is 3. The van der Waals surface area contributed by atoms with Crippen LogP contribution in [0, 0.1) is 0 Å². The highest BCUT2D eigenvalue weighted by molar-refractivity contribution is 8.00. The number of hydrogen-bond donors (Lipinski definition) is 3. The molecule has 49 heavy (non-hydrogen) atoms. The van der Waals surface area contributed by atoms with Gasteiger partial charge in [-0.25, -0.2) is 0 Å². The molecule has 9 heteroatoms. The van der Waals surface area contributed by atoms with E-state index in [1.807, 2.05) is 92.7 Å². The quantitative estimate of drug-likeness (QED) is 0.0810. The highest BCUT2D eigenvalue weighted by atomic mass is 32.2. The average molecular weight is 672 g/mol. The molecule has 5 rings (SSSR count). The van der Waals surface area contributed by atoms with Crippen LogP contribution in [0.4, 0.5) is 11.4 Å².